The Morgan fingerprint density at radius 3 is 2.18 bits per heavy atom. The third kappa shape index (κ3) is 5.66. The molecule has 4 rings (SSSR count). The number of carbonyl (C=O) groups excluding carboxylic acids is 1. The third-order valence-corrected chi connectivity index (χ3v) is 5.64. The van der Waals surface area contributed by atoms with Crippen LogP contribution in [0.4, 0.5) is 13.2 Å². The average molecular weight is 527 g/mol. The summed E-state index contributed by atoms with van der Waals surface area (Å²) in [6.45, 7) is 8.04. The molecule has 0 bridgehead atoms. The molecule has 0 fully saturated rings. The van der Waals surface area contributed by atoms with Crippen LogP contribution in [0.25, 0.3) is 11.0 Å². The molecule has 3 aromatic carbocycles. The number of hydrogen-bond donors (Lipinski definition) is 0. The van der Waals surface area contributed by atoms with Gasteiger partial charge >= 0.3 is 12.1 Å². The minimum atomic E-state index is -5.05. The number of halogens is 3. The number of ether oxygens (including phenoxy) is 3. The maximum atomic E-state index is 13.9. The first-order valence-electron chi connectivity index (χ1n) is 11.8. The van der Waals surface area contributed by atoms with E-state index in [1.165, 1.54) is 30.3 Å². The van der Waals surface area contributed by atoms with Crippen molar-refractivity contribution in [2.24, 2.45) is 0 Å². The van der Waals surface area contributed by atoms with Gasteiger partial charge in [0, 0.05) is 6.07 Å². The first-order valence-corrected chi connectivity index (χ1v) is 11.8. The van der Waals surface area contributed by atoms with Crippen LogP contribution in [-0.4, -0.2) is 12.6 Å². The number of para-hydroxylation sites is 2. The summed E-state index contributed by atoms with van der Waals surface area (Å²) in [4.78, 5) is 25.7. The van der Waals surface area contributed by atoms with Crippen LogP contribution < -0.4 is 19.6 Å². The van der Waals surface area contributed by atoms with Crippen molar-refractivity contribution in [2.75, 3.05) is 6.61 Å². The van der Waals surface area contributed by atoms with Crippen molar-refractivity contribution in [1.82, 2.24) is 0 Å². The Balaban J connectivity index is 1.70. The molecule has 0 spiro atoms. The molecule has 0 atom stereocenters. The first kappa shape index (κ1) is 26.8. The van der Waals surface area contributed by atoms with Gasteiger partial charge in [-0.15, -0.1) is 0 Å². The number of benzene rings is 3. The molecule has 0 saturated heterocycles. The van der Waals surface area contributed by atoms with Gasteiger partial charge in [-0.05, 0) is 54.3 Å². The molecule has 0 aliphatic rings. The Labute approximate surface area is 216 Å². The number of rotatable bonds is 6. The zero-order valence-electron chi connectivity index (χ0n) is 21.1. The lowest BCUT2D eigenvalue weighted by Gasteiger charge is -2.18. The monoisotopic (exact) mass is 526 g/mol. The summed E-state index contributed by atoms with van der Waals surface area (Å²) in [5.74, 6) is -3.36. The van der Waals surface area contributed by atoms with Gasteiger partial charge in [0.1, 0.15) is 11.3 Å². The standard InChI is InChI=1S/C29H25F3O6/c1-5-35-21-8-6-7-9-22(21)37-25-24(33)20-15-14-19(16-23(20)38-26(25)29(30,31)32)36-27(34)17-10-12-18(13-11-17)28(2,3)4/h6-16H,5H2,1-4H3. The zero-order chi connectivity index (χ0) is 27.7. The Hall–Kier alpha value is -4.27. The predicted molar refractivity (Wildman–Crippen MR) is 135 cm³/mol. The highest BCUT2D eigenvalue weighted by molar-refractivity contribution is 5.91. The van der Waals surface area contributed by atoms with Crippen LogP contribution in [0.1, 0.15) is 49.4 Å². The van der Waals surface area contributed by atoms with Gasteiger partial charge in [0.2, 0.25) is 11.2 Å². The van der Waals surface area contributed by atoms with Gasteiger partial charge in [0.25, 0.3) is 5.76 Å². The van der Waals surface area contributed by atoms with E-state index in [2.05, 4.69) is 0 Å². The summed E-state index contributed by atoms with van der Waals surface area (Å²) >= 11 is 0. The van der Waals surface area contributed by atoms with E-state index >= 15 is 0 Å². The van der Waals surface area contributed by atoms with Crippen LogP contribution in [0.2, 0.25) is 0 Å². The molecule has 0 N–H and O–H groups in total. The van der Waals surface area contributed by atoms with Crippen molar-refractivity contribution < 1.29 is 36.6 Å². The zero-order valence-corrected chi connectivity index (χ0v) is 21.1. The second-order valence-electron chi connectivity index (χ2n) is 9.44. The quantitative estimate of drug-likeness (QED) is 0.191. The van der Waals surface area contributed by atoms with E-state index in [1.54, 1.807) is 37.3 Å². The molecule has 4 aromatic rings. The van der Waals surface area contributed by atoms with Crippen molar-refractivity contribution in [3.05, 3.63) is 93.8 Å². The van der Waals surface area contributed by atoms with Crippen molar-refractivity contribution in [3.63, 3.8) is 0 Å². The highest BCUT2D eigenvalue weighted by Gasteiger charge is 2.41. The molecule has 0 amide bonds. The van der Waals surface area contributed by atoms with Crippen LogP contribution >= 0.6 is 0 Å². The number of esters is 1. The molecular formula is C29H25F3O6. The van der Waals surface area contributed by atoms with Crippen LogP contribution in [-0.2, 0) is 11.6 Å². The molecule has 198 valence electrons. The summed E-state index contributed by atoms with van der Waals surface area (Å²) in [5, 5.41) is -0.184. The second-order valence-corrected chi connectivity index (χ2v) is 9.44. The van der Waals surface area contributed by atoms with E-state index in [4.69, 9.17) is 18.6 Å². The number of alkyl halides is 3. The normalized spacial score (nSPS) is 11.9. The maximum Gasteiger partial charge on any atom is 0.453 e. The molecule has 1 aromatic heterocycles. The number of hydrogen-bond acceptors (Lipinski definition) is 6. The van der Waals surface area contributed by atoms with Gasteiger partial charge in [0.15, 0.2) is 11.5 Å². The molecule has 9 heteroatoms. The lowest BCUT2D eigenvalue weighted by Crippen LogP contribution is -2.16. The van der Waals surface area contributed by atoms with E-state index in [9.17, 15) is 22.8 Å². The van der Waals surface area contributed by atoms with Crippen molar-refractivity contribution in [2.45, 2.75) is 39.3 Å². The van der Waals surface area contributed by atoms with Crippen molar-refractivity contribution in [1.29, 1.82) is 0 Å². The van der Waals surface area contributed by atoms with Gasteiger partial charge in [-0.1, -0.05) is 45.0 Å². The molecule has 0 saturated carbocycles. The maximum absolute atomic E-state index is 13.9. The van der Waals surface area contributed by atoms with Crippen molar-refractivity contribution in [3.8, 4) is 23.0 Å². The second kappa shape index (κ2) is 10.2. The Bertz CT molecular complexity index is 1530. The van der Waals surface area contributed by atoms with Gasteiger partial charge in [-0.2, -0.15) is 13.2 Å². The molecule has 6 nitrogen and oxygen atoms in total. The summed E-state index contributed by atoms with van der Waals surface area (Å²) in [7, 11) is 0. The summed E-state index contributed by atoms with van der Waals surface area (Å²) in [6, 6.07) is 16.4. The minimum absolute atomic E-state index is 0.0745. The predicted octanol–water partition coefficient (Wildman–Crippen LogP) is 7.52. The Morgan fingerprint density at radius 2 is 1.58 bits per heavy atom. The topological polar surface area (TPSA) is 75.0 Å². The highest BCUT2D eigenvalue weighted by atomic mass is 19.4. The fourth-order valence-corrected chi connectivity index (χ4v) is 3.69. The van der Waals surface area contributed by atoms with Gasteiger partial charge < -0.3 is 18.6 Å². The van der Waals surface area contributed by atoms with E-state index in [1.807, 2.05) is 20.8 Å². The van der Waals surface area contributed by atoms with E-state index in [0.29, 0.717) is 0 Å². The summed E-state index contributed by atoms with van der Waals surface area (Å²) in [6.07, 6.45) is -5.05. The lowest BCUT2D eigenvalue weighted by atomic mass is 9.87. The van der Waals surface area contributed by atoms with Crippen LogP contribution in [0, 0.1) is 0 Å². The first-order chi connectivity index (χ1) is 17.9. The van der Waals surface area contributed by atoms with Crippen molar-refractivity contribution >= 4 is 16.9 Å². The fourth-order valence-electron chi connectivity index (χ4n) is 3.69. The van der Waals surface area contributed by atoms with Crippen LogP contribution in [0.5, 0.6) is 23.0 Å². The van der Waals surface area contributed by atoms with E-state index in [-0.39, 0.29) is 40.2 Å². The Kier molecular flexibility index (Phi) is 7.22. The smallest absolute Gasteiger partial charge is 0.453 e. The Morgan fingerprint density at radius 1 is 0.921 bits per heavy atom. The largest absolute Gasteiger partial charge is 0.490 e. The molecular weight excluding hydrogens is 501 g/mol. The lowest BCUT2D eigenvalue weighted by molar-refractivity contribution is -0.154. The molecule has 0 aliphatic carbocycles. The number of fused-ring (bicyclic) bond motifs is 1. The third-order valence-electron chi connectivity index (χ3n) is 5.64. The molecule has 0 aliphatic heterocycles. The minimum Gasteiger partial charge on any atom is -0.490 e. The SMILES string of the molecule is CCOc1ccccc1Oc1c(C(F)(F)F)oc2cc(OC(=O)c3ccc(C(C)(C)C)cc3)ccc2c1=O. The average Bonchev–Trinajstić information content (AvgIpc) is 2.85. The highest BCUT2D eigenvalue weighted by Crippen LogP contribution is 2.40. The summed E-state index contributed by atoms with van der Waals surface area (Å²) in [5.41, 5.74) is -0.292. The molecule has 38 heavy (non-hydrogen) atoms. The molecule has 0 radical (unpaired) electrons. The van der Waals surface area contributed by atoms with Crippen LogP contribution in [0.15, 0.2) is 75.9 Å². The fraction of sp³-hybridized carbons (Fsp3) is 0.241. The summed E-state index contributed by atoms with van der Waals surface area (Å²) < 4.78 is 63.0. The van der Waals surface area contributed by atoms with Gasteiger partial charge in [0.05, 0.1) is 17.6 Å². The van der Waals surface area contributed by atoms with Gasteiger partial charge in [-0.25, -0.2) is 4.79 Å². The van der Waals surface area contributed by atoms with Crippen LogP contribution in [0.3, 0.4) is 0 Å². The van der Waals surface area contributed by atoms with Gasteiger partial charge in [-0.3, -0.25) is 4.79 Å². The van der Waals surface area contributed by atoms with E-state index < -0.39 is 34.7 Å². The molecule has 0 unspecified atom stereocenters. The molecule has 1 heterocycles. The van der Waals surface area contributed by atoms with E-state index in [0.717, 1.165) is 11.6 Å². The number of carbonyl (C=O) groups is 1.